The molecule has 17 heavy (non-hydrogen) atoms. The van der Waals surface area contributed by atoms with Crippen LogP contribution < -0.4 is 5.32 Å². The van der Waals surface area contributed by atoms with Crippen LogP contribution in [0, 0.1) is 11.3 Å². The Balaban J connectivity index is 2.52. The number of nitrogens with zero attached hydrogens (tertiary/aromatic N) is 1. The van der Waals surface area contributed by atoms with E-state index in [1.165, 1.54) is 38.9 Å². The first-order valence-electron chi connectivity index (χ1n) is 7.40. The minimum atomic E-state index is 0.469. The molecule has 2 nitrogen and oxygen atoms in total. The van der Waals surface area contributed by atoms with Crippen LogP contribution in [0.1, 0.15) is 53.9 Å². The molecule has 0 aromatic carbocycles. The lowest BCUT2D eigenvalue weighted by Crippen LogP contribution is -2.49. The van der Waals surface area contributed by atoms with E-state index in [-0.39, 0.29) is 0 Å². The van der Waals surface area contributed by atoms with Crippen LogP contribution in [0.4, 0.5) is 0 Å². The summed E-state index contributed by atoms with van der Waals surface area (Å²) in [6.07, 6.45) is 4.00. The van der Waals surface area contributed by atoms with Gasteiger partial charge in [0.1, 0.15) is 0 Å². The van der Waals surface area contributed by atoms with Crippen molar-refractivity contribution in [3.05, 3.63) is 0 Å². The molecular formula is C15H32N2. The van der Waals surface area contributed by atoms with Crippen LogP contribution in [0.5, 0.6) is 0 Å². The maximum absolute atomic E-state index is 3.65. The molecule has 0 bridgehead atoms. The van der Waals surface area contributed by atoms with Gasteiger partial charge in [-0.1, -0.05) is 34.6 Å². The minimum Gasteiger partial charge on any atom is -0.313 e. The molecule has 1 rings (SSSR count). The van der Waals surface area contributed by atoms with Gasteiger partial charge in [-0.15, -0.1) is 0 Å². The van der Waals surface area contributed by atoms with Crippen molar-refractivity contribution >= 4 is 0 Å². The van der Waals surface area contributed by atoms with Crippen molar-refractivity contribution in [1.29, 1.82) is 0 Å². The predicted molar refractivity (Wildman–Crippen MR) is 76.4 cm³/mol. The molecule has 1 fully saturated rings. The summed E-state index contributed by atoms with van der Waals surface area (Å²) in [5.41, 5.74) is 0.469. The van der Waals surface area contributed by atoms with Gasteiger partial charge < -0.3 is 10.2 Å². The third-order valence-electron chi connectivity index (χ3n) is 3.55. The van der Waals surface area contributed by atoms with E-state index in [9.17, 15) is 0 Å². The van der Waals surface area contributed by atoms with Gasteiger partial charge in [-0.05, 0) is 43.7 Å². The van der Waals surface area contributed by atoms with Crippen molar-refractivity contribution < 1.29 is 0 Å². The number of likely N-dealkylation sites (N-methyl/N-ethyl adjacent to an activating group) is 1. The lowest BCUT2D eigenvalue weighted by molar-refractivity contribution is 0.114. The van der Waals surface area contributed by atoms with Gasteiger partial charge in [-0.25, -0.2) is 0 Å². The third-order valence-corrected chi connectivity index (χ3v) is 3.55. The topological polar surface area (TPSA) is 15.3 Å². The average molecular weight is 240 g/mol. The van der Waals surface area contributed by atoms with Crippen LogP contribution in [-0.4, -0.2) is 37.1 Å². The zero-order valence-corrected chi connectivity index (χ0v) is 12.6. The molecule has 0 aromatic heterocycles. The number of likely N-dealkylation sites (tertiary alicyclic amines) is 1. The van der Waals surface area contributed by atoms with E-state index in [0.29, 0.717) is 11.5 Å². The van der Waals surface area contributed by atoms with E-state index in [2.05, 4.69) is 44.8 Å². The van der Waals surface area contributed by atoms with Gasteiger partial charge >= 0.3 is 0 Å². The van der Waals surface area contributed by atoms with Crippen molar-refractivity contribution in [2.45, 2.75) is 59.9 Å². The summed E-state index contributed by atoms with van der Waals surface area (Å²) in [5.74, 6) is 0.874. The van der Waals surface area contributed by atoms with Gasteiger partial charge in [-0.3, -0.25) is 0 Å². The van der Waals surface area contributed by atoms with Crippen molar-refractivity contribution in [2.75, 3.05) is 26.2 Å². The lowest BCUT2D eigenvalue weighted by Gasteiger charge is -2.40. The largest absolute Gasteiger partial charge is 0.313 e. The molecular weight excluding hydrogens is 208 g/mol. The minimum absolute atomic E-state index is 0.469. The molecule has 2 unspecified atom stereocenters. The molecule has 1 heterocycles. The van der Waals surface area contributed by atoms with Crippen LogP contribution in [0.2, 0.25) is 0 Å². The maximum atomic E-state index is 3.65. The van der Waals surface area contributed by atoms with Crippen LogP contribution in [0.15, 0.2) is 0 Å². The number of piperidine rings is 1. The zero-order chi connectivity index (χ0) is 12.9. The molecule has 1 aliphatic rings. The van der Waals surface area contributed by atoms with Crippen molar-refractivity contribution in [3.8, 4) is 0 Å². The zero-order valence-electron chi connectivity index (χ0n) is 12.6. The molecule has 2 heteroatoms. The van der Waals surface area contributed by atoms with Gasteiger partial charge in [0.15, 0.2) is 0 Å². The highest BCUT2D eigenvalue weighted by Gasteiger charge is 2.28. The highest BCUT2D eigenvalue weighted by molar-refractivity contribution is 4.85. The van der Waals surface area contributed by atoms with Crippen LogP contribution in [0.3, 0.4) is 0 Å². The summed E-state index contributed by atoms with van der Waals surface area (Å²) in [6.45, 7) is 16.5. The first-order valence-corrected chi connectivity index (χ1v) is 7.40. The smallest absolute Gasteiger partial charge is 0.0198 e. The molecule has 0 aliphatic carbocycles. The van der Waals surface area contributed by atoms with E-state index in [1.54, 1.807) is 0 Å². The summed E-state index contributed by atoms with van der Waals surface area (Å²) in [6, 6.07) is 0.715. The number of rotatable bonds is 5. The van der Waals surface area contributed by atoms with Crippen molar-refractivity contribution in [2.24, 2.45) is 11.3 Å². The Morgan fingerprint density at radius 2 is 1.88 bits per heavy atom. The Morgan fingerprint density at radius 1 is 1.18 bits per heavy atom. The van der Waals surface area contributed by atoms with Crippen LogP contribution in [-0.2, 0) is 0 Å². The summed E-state index contributed by atoms with van der Waals surface area (Å²) >= 11 is 0. The standard InChI is InChI=1S/C15H32N2/c1-6-8-17-11-13(10-15(3,4)5)9-14(12-17)16-7-2/h13-14,16H,6-12H2,1-5H3. The molecule has 1 aliphatic heterocycles. The Hall–Kier alpha value is -0.0800. The summed E-state index contributed by atoms with van der Waals surface area (Å²) in [7, 11) is 0. The van der Waals surface area contributed by atoms with Gasteiger partial charge in [0.2, 0.25) is 0 Å². The molecule has 102 valence electrons. The first-order chi connectivity index (χ1) is 7.94. The van der Waals surface area contributed by atoms with Crippen LogP contribution >= 0.6 is 0 Å². The lowest BCUT2D eigenvalue weighted by atomic mass is 9.80. The molecule has 0 aromatic rings. The van der Waals surface area contributed by atoms with Gasteiger partial charge in [-0.2, -0.15) is 0 Å². The van der Waals surface area contributed by atoms with E-state index in [4.69, 9.17) is 0 Å². The fraction of sp³-hybridized carbons (Fsp3) is 1.00. The van der Waals surface area contributed by atoms with E-state index in [0.717, 1.165) is 12.5 Å². The normalized spacial score (nSPS) is 27.4. The number of nitrogens with one attached hydrogen (secondary N) is 1. The quantitative estimate of drug-likeness (QED) is 0.794. The summed E-state index contributed by atoms with van der Waals surface area (Å²) < 4.78 is 0. The number of hydrogen-bond donors (Lipinski definition) is 1. The van der Waals surface area contributed by atoms with E-state index < -0.39 is 0 Å². The second-order valence-electron chi connectivity index (χ2n) is 6.88. The number of hydrogen-bond acceptors (Lipinski definition) is 2. The summed E-state index contributed by atoms with van der Waals surface area (Å²) in [4.78, 5) is 2.66. The molecule has 0 amide bonds. The second-order valence-corrected chi connectivity index (χ2v) is 6.88. The SMILES string of the molecule is CCCN1CC(CC(C)(C)C)CC(NCC)C1. The Labute approximate surface area is 108 Å². The Bertz CT molecular complexity index is 193. The molecule has 0 spiro atoms. The highest BCUT2D eigenvalue weighted by Crippen LogP contribution is 2.30. The van der Waals surface area contributed by atoms with E-state index in [1.807, 2.05) is 0 Å². The first kappa shape index (κ1) is 15.0. The average Bonchev–Trinajstić information content (AvgIpc) is 2.15. The van der Waals surface area contributed by atoms with Crippen molar-refractivity contribution in [3.63, 3.8) is 0 Å². The third kappa shape index (κ3) is 5.87. The fourth-order valence-corrected chi connectivity index (χ4v) is 3.25. The van der Waals surface area contributed by atoms with Gasteiger partial charge in [0, 0.05) is 19.1 Å². The van der Waals surface area contributed by atoms with Gasteiger partial charge in [0.05, 0.1) is 0 Å². The molecule has 0 radical (unpaired) electrons. The van der Waals surface area contributed by atoms with Gasteiger partial charge in [0.25, 0.3) is 0 Å². The van der Waals surface area contributed by atoms with Crippen LogP contribution in [0.25, 0.3) is 0 Å². The Morgan fingerprint density at radius 3 is 2.41 bits per heavy atom. The van der Waals surface area contributed by atoms with Crippen molar-refractivity contribution in [1.82, 2.24) is 10.2 Å². The molecule has 2 atom stereocenters. The Kier molecular flexibility index (Phi) is 5.94. The predicted octanol–water partition coefficient (Wildman–Crippen LogP) is 3.13. The second kappa shape index (κ2) is 6.75. The van der Waals surface area contributed by atoms with E-state index >= 15 is 0 Å². The molecule has 0 saturated carbocycles. The highest BCUT2D eigenvalue weighted by atomic mass is 15.2. The molecule has 1 N–H and O–H groups in total. The molecule has 1 saturated heterocycles. The monoisotopic (exact) mass is 240 g/mol. The maximum Gasteiger partial charge on any atom is 0.0198 e. The summed E-state index contributed by atoms with van der Waals surface area (Å²) in [5, 5.41) is 3.65. The fourth-order valence-electron chi connectivity index (χ4n) is 3.25.